The van der Waals surface area contributed by atoms with E-state index in [-0.39, 0.29) is 16.8 Å². The van der Waals surface area contributed by atoms with Gasteiger partial charge in [-0.25, -0.2) is 0 Å². The van der Waals surface area contributed by atoms with Crippen LogP contribution in [0.3, 0.4) is 0 Å². The van der Waals surface area contributed by atoms with Crippen molar-refractivity contribution in [3.8, 4) is 0 Å². The van der Waals surface area contributed by atoms with E-state index >= 15 is 0 Å². The molecule has 2 rings (SSSR count). The fourth-order valence-electron chi connectivity index (χ4n) is 1.62. The number of hydrogen-bond acceptors (Lipinski definition) is 8. The number of carbonyl (C=O) groups is 1. The van der Waals surface area contributed by atoms with Gasteiger partial charge in [-0.2, -0.15) is 0 Å². The zero-order valence-electron chi connectivity index (χ0n) is 12.7. The van der Waals surface area contributed by atoms with Crippen molar-refractivity contribution in [2.45, 2.75) is 35.5 Å². The summed E-state index contributed by atoms with van der Waals surface area (Å²) in [5.74, 6) is -0.711. The average Bonchev–Trinajstić information content (AvgIpc) is 2.83. The van der Waals surface area contributed by atoms with Gasteiger partial charge in [0.2, 0.25) is 11.0 Å². The Morgan fingerprint density at radius 2 is 2.09 bits per heavy atom. The lowest BCUT2D eigenvalue weighted by atomic mass is 10.1. The van der Waals surface area contributed by atoms with Crippen LogP contribution in [0.5, 0.6) is 0 Å². The predicted octanol–water partition coefficient (Wildman–Crippen LogP) is 2.91. The number of hydrogen-bond donors (Lipinski definition) is 2. The third-order valence-corrected chi connectivity index (χ3v) is 4.48. The van der Waals surface area contributed by atoms with E-state index in [4.69, 9.17) is 5.73 Å². The van der Waals surface area contributed by atoms with Gasteiger partial charge in [0.05, 0.1) is 9.82 Å². The number of nitro benzene ring substituents is 1. The van der Waals surface area contributed by atoms with Crippen molar-refractivity contribution >= 4 is 39.8 Å². The number of nitrogens with one attached hydrogen (secondary N) is 1. The number of anilines is 1. The van der Waals surface area contributed by atoms with Gasteiger partial charge in [-0.3, -0.25) is 14.9 Å². The van der Waals surface area contributed by atoms with Crippen LogP contribution in [-0.4, -0.2) is 26.6 Å². The summed E-state index contributed by atoms with van der Waals surface area (Å²) in [5, 5.41) is 23.0. The van der Waals surface area contributed by atoms with Gasteiger partial charge in [0.15, 0.2) is 4.34 Å². The quantitative estimate of drug-likeness (QED) is 0.625. The molecule has 0 fully saturated rings. The van der Waals surface area contributed by atoms with E-state index in [2.05, 4.69) is 15.5 Å². The number of nitrogens with zero attached hydrogens (tertiary/aromatic N) is 3. The molecule has 1 aromatic heterocycles. The zero-order chi connectivity index (χ0) is 17.2. The standard InChI is InChI=1S/C13H15N5O3S2/c1-13(2,3)15-11-16-17-12(23-11)22-9-5-4-7(10(14)19)6-8(9)18(20)21/h4-6H,1-3H3,(H2,14,19)(H,15,16). The molecule has 1 aromatic carbocycles. The number of nitrogens with two attached hydrogens (primary N) is 1. The summed E-state index contributed by atoms with van der Waals surface area (Å²) < 4.78 is 0.562. The van der Waals surface area contributed by atoms with Crippen LogP contribution in [0.2, 0.25) is 0 Å². The summed E-state index contributed by atoms with van der Waals surface area (Å²) in [6.07, 6.45) is 0. The first-order valence-corrected chi connectivity index (χ1v) is 8.17. The minimum absolute atomic E-state index is 0.0911. The number of rotatable bonds is 5. The Kier molecular flexibility index (Phi) is 4.85. The molecule has 1 heterocycles. The minimum atomic E-state index is -0.711. The van der Waals surface area contributed by atoms with Gasteiger partial charge >= 0.3 is 0 Å². The van der Waals surface area contributed by atoms with Crippen LogP contribution in [-0.2, 0) is 0 Å². The molecule has 0 aliphatic carbocycles. The number of benzene rings is 1. The van der Waals surface area contributed by atoms with Gasteiger partial charge in [-0.05, 0) is 44.7 Å². The molecule has 0 saturated heterocycles. The van der Waals surface area contributed by atoms with E-state index in [9.17, 15) is 14.9 Å². The zero-order valence-corrected chi connectivity index (χ0v) is 14.3. The van der Waals surface area contributed by atoms with E-state index in [1.54, 1.807) is 0 Å². The fraction of sp³-hybridized carbons (Fsp3) is 0.308. The third kappa shape index (κ3) is 4.63. The number of carbonyl (C=O) groups excluding carboxylic acids is 1. The molecule has 0 unspecified atom stereocenters. The lowest BCUT2D eigenvalue weighted by Gasteiger charge is -2.18. The van der Waals surface area contributed by atoms with Crippen molar-refractivity contribution in [1.29, 1.82) is 0 Å². The number of primary amides is 1. The Balaban J connectivity index is 2.26. The van der Waals surface area contributed by atoms with Crippen LogP contribution in [0.4, 0.5) is 10.8 Å². The van der Waals surface area contributed by atoms with Crippen LogP contribution in [0.15, 0.2) is 27.4 Å². The van der Waals surface area contributed by atoms with Crippen LogP contribution >= 0.6 is 23.1 Å². The lowest BCUT2D eigenvalue weighted by Crippen LogP contribution is -2.25. The van der Waals surface area contributed by atoms with E-state index in [0.717, 1.165) is 11.8 Å². The number of nitro groups is 1. The molecule has 122 valence electrons. The Morgan fingerprint density at radius 1 is 1.39 bits per heavy atom. The summed E-state index contributed by atoms with van der Waals surface area (Å²) in [5.41, 5.74) is 4.90. The predicted molar refractivity (Wildman–Crippen MR) is 89.0 cm³/mol. The summed E-state index contributed by atoms with van der Waals surface area (Å²) >= 11 is 2.42. The first-order chi connectivity index (χ1) is 10.7. The molecule has 3 N–H and O–H groups in total. The molecule has 0 bridgehead atoms. The molecule has 1 amide bonds. The highest BCUT2D eigenvalue weighted by Gasteiger charge is 2.20. The largest absolute Gasteiger partial charge is 0.366 e. The maximum Gasteiger partial charge on any atom is 0.284 e. The first kappa shape index (κ1) is 17.2. The van der Waals surface area contributed by atoms with Gasteiger partial charge in [0.25, 0.3) is 5.69 Å². The molecule has 0 saturated carbocycles. The van der Waals surface area contributed by atoms with Crippen molar-refractivity contribution in [2.24, 2.45) is 5.73 Å². The Bertz CT molecular complexity index is 754. The summed E-state index contributed by atoms with van der Waals surface area (Å²) in [7, 11) is 0. The molecule has 8 nitrogen and oxygen atoms in total. The Hall–Kier alpha value is -2.20. The summed E-state index contributed by atoms with van der Waals surface area (Å²) in [6.45, 7) is 5.98. The average molecular weight is 353 g/mol. The van der Waals surface area contributed by atoms with E-state index in [1.807, 2.05) is 20.8 Å². The van der Waals surface area contributed by atoms with Crippen molar-refractivity contribution in [3.05, 3.63) is 33.9 Å². The SMILES string of the molecule is CC(C)(C)Nc1nnc(Sc2ccc(C(N)=O)cc2[N+](=O)[O-])s1. The van der Waals surface area contributed by atoms with Crippen molar-refractivity contribution in [1.82, 2.24) is 10.2 Å². The highest BCUT2D eigenvalue weighted by Crippen LogP contribution is 2.38. The Labute approximate surface area is 140 Å². The van der Waals surface area contributed by atoms with Crippen molar-refractivity contribution < 1.29 is 9.72 Å². The maximum absolute atomic E-state index is 11.2. The van der Waals surface area contributed by atoms with Crippen LogP contribution in [0, 0.1) is 10.1 Å². The number of aromatic nitrogens is 2. The van der Waals surface area contributed by atoms with Crippen molar-refractivity contribution in [2.75, 3.05) is 5.32 Å². The first-order valence-electron chi connectivity index (χ1n) is 6.53. The monoisotopic (exact) mass is 353 g/mol. The van der Waals surface area contributed by atoms with Gasteiger partial charge in [0.1, 0.15) is 0 Å². The topological polar surface area (TPSA) is 124 Å². The van der Waals surface area contributed by atoms with Crippen LogP contribution < -0.4 is 11.1 Å². The van der Waals surface area contributed by atoms with E-state index < -0.39 is 10.8 Å². The third-order valence-electron chi connectivity index (χ3n) is 2.53. The molecule has 23 heavy (non-hydrogen) atoms. The second-order valence-electron chi connectivity index (χ2n) is 5.65. The number of amides is 1. The minimum Gasteiger partial charge on any atom is -0.366 e. The Morgan fingerprint density at radius 3 is 2.65 bits per heavy atom. The molecule has 10 heteroatoms. The summed E-state index contributed by atoms with van der Waals surface area (Å²) in [6, 6.07) is 4.11. The van der Waals surface area contributed by atoms with Gasteiger partial charge in [-0.1, -0.05) is 11.3 Å². The van der Waals surface area contributed by atoms with Gasteiger partial charge in [-0.15, -0.1) is 10.2 Å². The maximum atomic E-state index is 11.2. The molecule has 0 radical (unpaired) electrons. The lowest BCUT2D eigenvalue weighted by molar-refractivity contribution is -0.387. The highest BCUT2D eigenvalue weighted by atomic mass is 32.2. The van der Waals surface area contributed by atoms with Gasteiger partial charge < -0.3 is 11.1 Å². The van der Waals surface area contributed by atoms with Crippen molar-refractivity contribution in [3.63, 3.8) is 0 Å². The second-order valence-corrected chi connectivity index (χ2v) is 7.92. The molecular weight excluding hydrogens is 338 g/mol. The van der Waals surface area contributed by atoms with Crippen LogP contribution in [0.1, 0.15) is 31.1 Å². The molecular formula is C13H15N5O3S2. The normalized spacial score (nSPS) is 11.3. The molecule has 0 spiro atoms. The smallest absolute Gasteiger partial charge is 0.284 e. The second kappa shape index (κ2) is 6.50. The van der Waals surface area contributed by atoms with Crippen LogP contribution in [0.25, 0.3) is 0 Å². The van der Waals surface area contributed by atoms with E-state index in [0.29, 0.717) is 14.4 Å². The van der Waals surface area contributed by atoms with E-state index in [1.165, 1.54) is 29.5 Å². The molecule has 0 aliphatic rings. The van der Waals surface area contributed by atoms with Gasteiger partial charge in [0, 0.05) is 17.2 Å². The fourth-order valence-corrected chi connectivity index (χ4v) is 3.62. The summed E-state index contributed by atoms with van der Waals surface area (Å²) in [4.78, 5) is 22.1. The highest BCUT2D eigenvalue weighted by molar-refractivity contribution is 8.01. The molecule has 0 atom stereocenters. The molecule has 0 aliphatic heterocycles. The molecule has 2 aromatic rings.